The van der Waals surface area contributed by atoms with E-state index in [9.17, 15) is 13.2 Å². The van der Waals surface area contributed by atoms with Gasteiger partial charge in [0.1, 0.15) is 0 Å². The molecule has 0 saturated carbocycles. The van der Waals surface area contributed by atoms with Crippen LogP contribution in [-0.2, 0) is 16.4 Å². The van der Waals surface area contributed by atoms with Crippen LogP contribution >= 0.6 is 0 Å². The predicted octanol–water partition coefficient (Wildman–Crippen LogP) is 1.50. The Labute approximate surface area is 123 Å². The van der Waals surface area contributed by atoms with E-state index in [-0.39, 0.29) is 22.8 Å². The third-order valence-electron chi connectivity index (χ3n) is 3.19. The van der Waals surface area contributed by atoms with E-state index < -0.39 is 9.84 Å². The second-order valence-electron chi connectivity index (χ2n) is 4.61. The lowest BCUT2D eigenvalue weighted by atomic mass is 10.2. The van der Waals surface area contributed by atoms with E-state index in [1.807, 2.05) is 6.07 Å². The van der Waals surface area contributed by atoms with Gasteiger partial charge < -0.3 is 4.57 Å². The van der Waals surface area contributed by atoms with E-state index in [0.29, 0.717) is 5.56 Å². The summed E-state index contributed by atoms with van der Waals surface area (Å²) < 4.78 is 25.9. The highest BCUT2D eigenvalue weighted by Gasteiger charge is 2.15. The molecule has 0 aliphatic rings. The number of hydrogen-bond acceptors (Lipinski definition) is 4. The highest BCUT2D eigenvalue weighted by atomic mass is 32.2. The zero-order chi connectivity index (χ0) is 15.5. The molecule has 1 aromatic heterocycles. The molecule has 0 aliphatic heterocycles. The number of pyridine rings is 1. The van der Waals surface area contributed by atoms with Crippen LogP contribution < -0.4 is 5.56 Å². The second kappa shape index (κ2) is 5.94. The summed E-state index contributed by atoms with van der Waals surface area (Å²) in [6, 6.07) is 12.5. The predicted molar refractivity (Wildman–Crippen MR) is 78.6 cm³/mol. The maximum Gasteiger partial charge on any atom is 0.250 e. The Hall–Kier alpha value is -2.39. The molecule has 0 atom stereocenters. The quantitative estimate of drug-likeness (QED) is 0.857. The van der Waals surface area contributed by atoms with E-state index in [4.69, 9.17) is 5.26 Å². The average molecular weight is 302 g/mol. The monoisotopic (exact) mass is 302 g/mol. The minimum absolute atomic E-state index is 0.105. The molecule has 21 heavy (non-hydrogen) atoms. The first-order valence-corrected chi connectivity index (χ1v) is 7.98. The first-order valence-electron chi connectivity index (χ1n) is 6.33. The molecular formula is C15H14N2O3S. The minimum atomic E-state index is -3.49. The summed E-state index contributed by atoms with van der Waals surface area (Å²) in [5.74, 6) is -0.163. The van der Waals surface area contributed by atoms with E-state index in [2.05, 4.69) is 0 Å². The molecule has 0 N–H and O–H groups in total. The normalized spacial score (nSPS) is 11.0. The van der Waals surface area contributed by atoms with E-state index in [1.165, 1.54) is 34.9 Å². The Bertz CT molecular complexity index is 844. The zero-order valence-corrected chi connectivity index (χ0v) is 12.3. The average Bonchev–Trinajstić information content (AvgIpc) is 2.47. The van der Waals surface area contributed by atoms with Gasteiger partial charge in [-0.3, -0.25) is 4.79 Å². The van der Waals surface area contributed by atoms with Crippen LogP contribution in [0.25, 0.3) is 0 Å². The summed E-state index contributed by atoms with van der Waals surface area (Å²) in [5.41, 5.74) is 0.909. The Morgan fingerprint density at radius 3 is 2.38 bits per heavy atom. The number of hydrogen-bond donors (Lipinski definition) is 0. The Morgan fingerprint density at radius 2 is 1.81 bits per heavy atom. The lowest BCUT2D eigenvalue weighted by molar-refractivity contribution is 0.585. The highest BCUT2D eigenvalue weighted by molar-refractivity contribution is 7.91. The summed E-state index contributed by atoms with van der Waals surface area (Å²) in [4.78, 5) is 11.9. The molecule has 5 nitrogen and oxygen atoms in total. The van der Waals surface area contributed by atoms with Crippen LogP contribution in [0.4, 0.5) is 0 Å². The molecule has 2 rings (SSSR count). The second-order valence-corrected chi connectivity index (χ2v) is 6.72. The van der Waals surface area contributed by atoms with Crippen molar-refractivity contribution in [1.29, 1.82) is 5.26 Å². The topological polar surface area (TPSA) is 79.9 Å². The molecule has 0 aliphatic carbocycles. The van der Waals surface area contributed by atoms with Gasteiger partial charge in [-0.1, -0.05) is 6.07 Å². The molecular weight excluding hydrogens is 288 g/mol. The van der Waals surface area contributed by atoms with Crippen LogP contribution in [0.1, 0.15) is 11.3 Å². The molecule has 0 fully saturated rings. The molecule has 0 amide bonds. The van der Waals surface area contributed by atoms with Crippen LogP contribution in [0, 0.1) is 18.3 Å². The minimum Gasteiger partial charge on any atom is -0.312 e. The van der Waals surface area contributed by atoms with Crippen molar-refractivity contribution in [2.24, 2.45) is 0 Å². The van der Waals surface area contributed by atoms with Crippen molar-refractivity contribution in [1.82, 2.24) is 4.57 Å². The number of sulfone groups is 1. The Kier molecular flexibility index (Phi) is 4.24. The largest absolute Gasteiger partial charge is 0.312 e. The number of benzene rings is 1. The van der Waals surface area contributed by atoms with Crippen molar-refractivity contribution in [3.05, 3.63) is 64.1 Å². The van der Waals surface area contributed by atoms with Crippen molar-refractivity contribution in [3.63, 3.8) is 0 Å². The van der Waals surface area contributed by atoms with Gasteiger partial charge in [-0.25, -0.2) is 8.42 Å². The number of aromatic nitrogens is 1. The standard InChI is InChI=1S/C15H14N2O3S/c1-12-3-2-4-15(18)17(12)9-10-21(19,20)14-7-5-13(11-16)6-8-14/h2-8H,9-10H2,1H3. The SMILES string of the molecule is Cc1cccc(=O)n1CCS(=O)(=O)c1ccc(C#N)cc1. The summed E-state index contributed by atoms with van der Waals surface area (Å²) >= 11 is 0. The van der Waals surface area contributed by atoms with Crippen molar-refractivity contribution in [2.45, 2.75) is 18.4 Å². The van der Waals surface area contributed by atoms with Crippen LogP contribution in [0.3, 0.4) is 0 Å². The third-order valence-corrected chi connectivity index (χ3v) is 4.90. The molecule has 1 aromatic carbocycles. The third kappa shape index (κ3) is 3.38. The van der Waals surface area contributed by atoms with Gasteiger partial charge in [-0.05, 0) is 37.3 Å². The zero-order valence-electron chi connectivity index (χ0n) is 11.5. The smallest absolute Gasteiger partial charge is 0.250 e. The fourth-order valence-electron chi connectivity index (χ4n) is 1.98. The number of rotatable bonds is 4. The van der Waals surface area contributed by atoms with Gasteiger partial charge in [0.25, 0.3) is 5.56 Å². The number of aryl methyl sites for hydroxylation is 1. The van der Waals surface area contributed by atoms with Gasteiger partial charge in [0, 0.05) is 18.3 Å². The van der Waals surface area contributed by atoms with Crippen LogP contribution in [-0.4, -0.2) is 18.7 Å². The van der Waals surface area contributed by atoms with Gasteiger partial charge in [0.15, 0.2) is 9.84 Å². The van der Waals surface area contributed by atoms with E-state index in [1.54, 1.807) is 19.1 Å². The first-order chi connectivity index (χ1) is 9.94. The van der Waals surface area contributed by atoms with Crippen molar-refractivity contribution >= 4 is 9.84 Å². The van der Waals surface area contributed by atoms with Gasteiger partial charge in [-0.2, -0.15) is 5.26 Å². The molecule has 0 radical (unpaired) electrons. The lowest BCUT2D eigenvalue weighted by Crippen LogP contribution is -2.25. The number of nitriles is 1. The molecule has 2 aromatic rings. The summed E-state index contributed by atoms with van der Waals surface area (Å²) in [5, 5.41) is 8.71. The van der Waals surface area contributed by atoms with Crippen LogP contribution in [0.15, 0.2) is 52.2 Å². The van der Waals surface area contributed by atoms with Gasteiger partial charge in [-0.15, -0.1) is 0 Å². The molecule has 0 saturated heterocycles. The Morgan fingerprint density at radius 1 is 1.14 bits per heavy atom. The molecule has 6 heteroatoms. The number of nitrogens with zero attached hydrogens (tertiary/aromatic N) is 2. The van der Waals surface area contributed by atoms with Gasteiger partial charge in [0.2, 0.25) is 0 Å². The van der Waals surface area contributed by atoms with Crippen LogP contribution in [0.5, 0.6) is 0 Å². The lowest BCUT2D eigenvalue weighted by Gasteiger charge is -2.10. The maximum atomic E-state index is 12.2. The highest BCUT2D eigenvalue weighted by Crippen LogP contribution is 2.12. The molecule has 0 unspecified atom stereocenters. The van der Waals surface area contributed by atoms with Crippen molar-refractivity contribution in [2.75, 3.05) is 5.75 Å². The Balaban J connectivity index is 2.22. The molecule has 0 spiro atoms. The van der Waals surface area contributed by atoms with Gasteiger partial charge in [0.05, 0.1) is 22.3 Å². The fraction of sp³-hybridized carbons (Fsp3) is 0.200. The summed E-state index contributed by atoms with van der Waals surface area (Å²) in [6.45, 7) is 1.86. The molecule has 0 bridgehead atoms. The van der Waals surface area contributed by atoms with Gasteiger partial charge >= 0.3 is 0 Å². The first kappa shape index (κ1) is 15.0. The van der Waals surface area contributed by atoms with Crippen molar-refractivity contribution in [3.8, 4) is 6.07 Å². The van der Waals surface area contributed by atoms with E-state index >= 15 is 0 Å². The summed E-state index contributed by atoms with van der Waals surface area (Å²) in [6.07, 6.45) is 0. The molecule has 108 valence electrons. The summed E-state index contributed by atoms with van der Waals surface area (Å²) in [7, 11) is -3.49. The fourth-order valence-corrected chi connectivity index (χ4v) is 3.19. The van der Waals surface area contributed by atoms with Crippen molar-refractivity contribution < 1.29 is 8.42 Å². The maximum absolute atomic E-state index is 12.2. The van der Waals surface area contributed by atoms with Crippen LogP contribution in [0.2, 0.25) is 0 Å². The molecule has 1 heterocycles. The van der Waals surface area contributed by atoms with E-state index in [0.717, 1.165) is 5.69 Å².